The molecule has 1 amide bonds. The van der Waals surface area contributed by atoms with E-state index in [-0.39, 0.29) is 30.8 Å². The van der Waals surface area contributed by atoms with Gasteiger partial charge in [0.2, 0.25) is 11.2 Å². The number of aromatic nitrogens is 1. The van der Waals surface area contributed by atoms with E-state index in [1.807, 2.05) is 24.4 Å². The molecule has 4 heterocycles. The molecule has 178 valence electrons. The molecule has 10 heteroatoms. The minimum absolute atomic E-state index is 0.119. The first-order chi connectivity index (χ1) is 16.4. The number of pyridine rings is 1. The summed E-state index contributed by atoms with van der Waals surface area (Å²) in [7, 11) is 0. The highest BCUT2D eigenvalue weighted by molar-refractivity contribution is 7.10. The molecular formula is C24H23F2N3O4S. The van der Waals surface area contributed by atoms with Crippen LogP contribution < -0.4 is 15.2 Å². The lowest BCUT2D eigenvalue weighted by Crippen LogP contribution is -2.58. The summed E-state index contributed by atoms with van der Waals surface area (Å²) in [5, 5.41) is 14.3. The molecule has 0 unspecified atom stereocenters. The molecule has 2 aromatic heterocycles. The van der Waals surface area contributed by atoms with Gasteiger partial charge in [-0.25, -0.2) is 4.39 Å². The van der Waals surface area contributed by atoms with Crippen LogP contribution in [0.5, 0.6) is 11.5 Å². The monoisotopic (exact) mass is 487 g/mol. The van der Waals surface area contributed by atoms with E-state index in [1.54, 1.807) is 9.91 Å². The average Bonchev–Trinajstić information content (AvgIpc) is 3.35. The van der Waals surface area contributed by atoms with Crippen molar-refractivity contribution in [2.75, 3.05) is 18.3 Å². The van der Waals surface area contributed by atoms with Crippen molar-refractivity contribution in [1.29, 1.82) is 0 Å². The van der Waals surface area contributed by atoms with E-state index in [4.69, 9.17) is 4.74 Å². The number of carbonyl (C=O) groups is 1. The largest absolute Gasteiger partial charge is 0.502 e. The first-order valence-electron chi connectivity index (χ1n) is 11.1. The number of benzene rings is 1. The lowest BCUT2D eigenvalue weighted by Gasteiger charge is -2.45. The Bertz CT molecular complexity index is 1290. The second-order valence-corrected chi connectivity index (χ2v) is 9.31. The number of aromatic hydroxyl groups is 1. The molecule has 0 radical (unpaired) electrons. The highest BCUT2D eigenvalue weighted by Gasteiger charge is 2.40. The lowest BCUT2D eigenvalue weighted by atomic mass is 10.0. The van der Waals surface area contributed by atoms with Crippen molar-refractivity contribution in [2.24, 2.45) is 0 Å². The van der Waals surface area contributed by atoms with Gasteiger partial charge in [-0.2, -0.15) is 4.39 Å². The number of rotatable bonds is 2. The number of nitrogens with zero attached hydrogens (tertiary/aromatic N) is 3. The van der Waals surface area contributed by atoms with Crippen LogP contribution in [-0.2, 0) is 0 Å². The number of hydrogen-bond acceptors (Lipinski definition) is 6. The predicted octanol–water partition coefficient (Wildman–Crippen LogP) is 3.99. The Kier molecular flexibility index (Phi) is 5.76. The molecule has 2 atom stereocenters. The van der Waals surface area contributed by atoms with Gasteiger partial charge in [-0.15, -0.1) is 11.3 Å². The van der Waals surface area contributed by atoms with Gasteiger partial charge in [0, 0.05) is 28.7 Å². The fourth-order valence-corrected chi connectivity index (χ4v) is 5.58. The van der Waals surface area contributed by atoms with Gasteiger partial charge in [0.1, 0.15) is 12.7 Å². The number of halogens is 2. The maximum absolute atomic E-state index is 15.0. The van der Waals surface area contributed by atoms with E-state index in [9.17, 15) is 19.1 Å². The van der Waals surface area contributed by atoms with Crippen LogP contribution in [0.1, 0.15) is 53.2 Å². The molecule has 2 bridgehead atoms. The molecule has 1 aromatic carbocycles. The standard InChI is InChI=1S/C24H23F2N3O4S/c1-2-14-5-3-11-33-23-15(7-8-16(25)19(23)26)20(18-6-4-12-34-18)29-13-27(14)24(32)21-22(31)17(30)9-10-28(21)29/h4,6-10,12,14,20,31H,2-3,5,11,13H2,1H3/t14-,20-/m1/s1. The Labute approximate surface area is 198 Å². The molecule has 0 spiro atoms. The smallest absolute Gasteiger partial charge is 0.278 e. The summed E-state index contributed by atoms with van der Waals surface area (Å²) in [6.45, 7) is 2.22. The van der Waals surface area contributed by atoms with Crippen molar-refractivity contribution in [3.05, 3.63) is 79.9 Å². The van der Waals surface area contributed by atoms with E-state index in [0.717, 1.165) is 10.9 Å². The molecule has 34 heavy (non-hydrogen) atoms. The second-order valence-electron chi connectivity index (χ2n) is 8.33. The highest BCUT2D eigenvalue weighted by atomic mass is 32.1. The summed E-state index contributed by atoms with van der Waals surface area (Å²) >= 11 is 1.42. The highest BCUT2D eigenvalue weighted by Crippen LogP contribution is 2.41. The molecule has 0 aliphatic carbocycles. The van der Waals surface area contributed by atoms with Crippen LogP contribution in [0, 0.1) is 11.6 Å². The minimum Gasteiger partial charge on any atom is -0.502 e. The van der Waals surface area contributed by atoms with Gasteiger partial charge < -0.3 is 14.7 Å². The summed E-state index contributed by atoms with van der Waals surface area (Å²) < 4.78 is 36.5. The van der Waals surface area contributed by atoms with Crippen molar-refractivity contribution in [3.8, 4) is 11.5 Å². The molecule has 0 saturated carbocycles. The molecular weight excluding hydrogens is 464 g/mol. The number of ether oxygens (including phenoxy) is 1. The summed E-state index contributed by atoms with van der Waals surface area (Å²) in [4.78, 5) is 28.2. The first kappa shape index (κ1) is 22.4. The van der Waals surface area contributed by atoms with Crippen molar-refractivity contribution in [2.45, 2.75) is 38.3 Å². The summed E-state index contributed by atoms with van der Waals surface area (Å²) in [6.07, 6.45) is 3.13. The Morgan fingerprint density at radius 2 is 2.03 bits per heavy atom. The number of amides is 1. The van der Waals surface area contributed by atoms with E-state index >= 15 is 4.39 Å². The Hall–Kier alpha value is -3.40. The SMILES string of the molecule is CC[C@@H]1CCCOc2c(ccc(F)c2F)[C@H](c2cccs2)N2CN1C(=O)c1c(O)c(=O)ccn12. The maximum Gasteiger partial charge on any atom is 0.278 e. The van der Waals surface area contributed by atoms with Crippen molar-refractivity contribution < 1.29 is 23.4 Å². The summed E-state index contributed by atoms with van der Waals surface area (Å²) in [6, 6.07) is 6.54. The van der Waals surface area contributed by atoms with Crippen molar-refractivity contribution >= 4 is 17.2 Å². The van der Waals surface area contributed by atoms with Crippen LogP contribution in [0.25, 0.3) is 0 Å². The van der Waals surface area contributed by atoms with Crippen LogP contribution >= 0.6 is 11.3 Å². The van der Waals surface area contributed by atoms with Crippen LogP contribution in [-0.4, -0.2) is 39.9 Å². The predicted molar refractivity (Wildman–Crippen MR) is 123 cm³/mol. The Balaban J connectivity index is 1.81. The molecule has 5 rings (SSSR count). The average molecular weight is 488 g/mol. The van der Waals surface area contributed by atoms with E-state index in [0.29, 0.717) is 24.8 Å². The zero-order valence-corrected chi connectivity index (χ0v) is 19.2. The first-order valence-corrected chi connectivity index (χ1v) is 12.0. The van der Waals surface area contributed by atoms with Gasteiger partial charge in [-0.05, 0) is 42.8 Å². The van der Waals surface area contributed by atoms with Gasteiger partial charge in [-0.1, -0.05) is 13.0 Å². The quantitative estimate of drug-likeness (QED) is 0.592. The van der Waals surface area contributed by atoms with Crippen molar-refractivity contribution in [3.63, 3.8) is 0 Å². The van der Waals surface area contributed by atoms with Gasteiger partial charge in [0.05, 0.1) is 6.61 Å². The van der Waals surface area contributed by atoms with Gasteiger partial charge in [0.25, 0.3) is 5.91 Å². The third-order valence-corrected chi connectivity index (χ3v) is 7.34. The second kappa shape index (κ2) is 8.75. The van der Waals surface area contributed by atoms with Gasteiger partial charge >= 0.3 is 0 Å². The van der Waals surface area contributed by atoms with Crippen LogP contribution in [0.15, 0.2) is 46.7 Å². The van der Waals surface area contributed by atoms with Crippen LogP contribution in [0.2, 0.25) is 0 Å². The Morgan fingerprint density at radius 3 is 2.76 bits per heavy atom. The van der Waals surface area contributed by atoms with Gasteiger partial charge in [0.15, 0.2) is 23.0 Å². The zero-order valence-electron chi connectivity index (χ0n) is 18.4. The topological polar surface area (TPSA) is 75.0 Å². The zero-order chi connectivity index (χ0) is 24.0. The Morgan fingerprint density at radius 1 is 1.21 bits per heavy atom. The normalized spacial score (nSPS) is 20.3. The van der Waals surface area contributed by atoms with Crippen LogP contribution in [0.4, 0.5) is 8.78 Å². The van der Waals surface area contributed by atoms with Crippen LogP contribution in [0.3, 0.4) is 0 Å². The summed E-state index contributed by atoms with van der Waals surface area (Å²) in [5.74, 6) is -3.35. The minimum atomic E-state index is -1.07. The number of fused-ring (bicyclic) bond motifs is 5. The fraction of sp³-hybridized carbons (Fsp3) is 0.333. The molecule has 1 N–H and O–H groups in total. The molecule has 2 aliphatic heterocycles. The molecule has 0 fully saturated rings. The molecule has 3 aromatic rings. The third kappa shape index (κ3) is 3.53. The summed E-state index contributed by atoms with van der Waals surface area (Å²) in [5.41, 5.74) is -0.430. The number of hydrogen-bond donors (Lipinski definition) is 1. The van der Waals surface area contributed by atoms with E-state index in [2.05, 4.69) is 0 Å². The lowest BCUT2D eigenvalue weighted by molar-refractivity contribution is 0.0568. The van der Waals surface area contributed by atoms with Gasteiger partial charge in [-0.3, -0.25) is 19.3 Å². The maximum atomic E-state index is 15.0. The molecule has 0 saturated heterocycles. The third-order valence-electron chi connectivity index (χ3n) is 6.42. The van der Waals surface area contributed by atoms with E-state index in [1.165, 1.54) is 34.3 Å². The number of thiophene rings is 1. The molecule has 7 nitrogen and oxygen atoms in total. The fourth-order valence-electron chi connectivity index (χ4n) is 4.73. The van der Waals surface area contributed by atoms with Crippen molar-refractivity contribution in [1.82, 2.24) is 9.58 Å². The molecule has 2 aliphatic rings. The number of carbonyl (C=O) groups excluding carboxylic acids is 1. The van der Waals surface area contributed by atoms with E-state index < -0.39 is 34.8 Å².